The molecule has 0 spiro atoms. The Labute approximate surface area is 151 Å². The Morgan fingerprint density at radius 3 is 2.12 bits per heavy atom. The number of fused-ring (bicyclic) bond motifs is 1. The second kappa shape index (κ2) is 7.82. The van der Waals surface area contributed by atoms with Crippen LogP contribution in [0.2, 0.25) is 0 Å². The number of amides is 2. The monoisotopic (exact) mass is 353 g/mol. The molecule has 0 saturated carbocycles. The van der Waals surface area contributed by atoms with Gasteiger partial charge in [-0.2, -0.15) is 0 Å². The van der Waals surface area contributed by atoms with Crippen LogP contribution in [0.4, 0.5) is 0 Å². The summed E-state index contributed by atoms with van der Waals surface area (Å²) < 4.78 is 10.6. The fourth-order valence-electron chi connectivity index (χ4n) is 2.66. The van der Waals surface area contributed by atoms with Crippen molar-refractivity contribution >= 4 is 17.8 Å². The van der Waals surface area contributed by atoms with Crippen LogP contribution >= 0.6 is 0 Å². The van der Waals surface area contributed by atoms with Crippen molar-refractivity contribution in [2.75, 3.05) is 19.8 Å². The first kappa shape index (κ1) is 17.7. The molecule has 1 aliphatic rings. The normalized spacial score (nSPS) is 12.9. The summed E-state index contributed by atoms with van der Waals surface area (Å²) in [6.45, 7) is 2.60. The number of rotatable bonds is 7. The van der Waals surface area contributed by atoms with E-state index in [4.69, 9.17) is 9.47 Å². The largest absolute Gasteiger partial charge is 0.494 e. The smallest absolute Gasteiger partial charge is 0.338 e. The molecule has 26 heavy (non-hydrogen) atoms. The average molecular weight is 353 g/mol. The Bertz CT molecular complexity index is 793. The zero-order valence-electron chi connectivity index (χ0n) is 14.4. The van der Waals surface area contributed by atoms with E-state index in [1.165, 1.54) is 0 Å². The van der Waals surface area contributed by atoms with E-state index in [1.807, 2.05) is 6.92 Å². The SMILES string of the molecule is CCCOc1ccc(C(=O)OCCN2C(=O)c3ccccc3C2=O)cc1. The second-order valence-corrected chi connectivity index (χ2v) is 5.82. The van der Waals surface area contributed by atoms with Gasteiger partial charge in [0.25, 0.3) is 11.8 Å². The Morgan fingerprint density at radius 2 is 1.54 bits per heavy atom. The van der Waals surface area contributed by atoms with E-state index in [-0.39, 0.29) is 25.0 Å². The van der Waals surface area contributed by atoms with Crippen molar-refractivity contribution in [3.8, 4) is 5.75 Å². The van der Waals surface area contributed by atoms with Crippen molar-refractivity contribution in [3.05, 3.63) is 65.2 Å². The van der Waals surface area contributed by atoms with Crippen molar-refractivity contribution in [1.29, 1.82) is 0 Å². The molecule has 0 bridgehead atoms. The number of benzene rings is 2. The van der Waals surface area contributed by atoms with Gasteiger partial charge in [-0.1, -0.05) is 19.1 Å². The molecule has 0 unspecified atom stereocenters. The van der Waals surface area contributed by atoms with E-state index in [9.17, 15) is 14.4 Å². The van der Waals surface area contributed by atoms with Gasteiger partial charge >= 0.3 is 5.97 Å². The lowest BCUT2D eigenvalue weighted by Gasteiger charge is -2.13. The van der Waals surface area contributed by atoms with Gasteiger partial charge in [-0.15, -0.1) is 0 Å². The molecule has 6 heteroatoms. The van der Waals surface area contributed by atoms with Crippen LogP contribution < -0.4 is 4.74 Å². The molecular formula is C20H19NO5. The number of carbonyl (C=O) groups is 3. The van der Waals surface area contributed by atoms with Gasteiger partial charge in [0.2, 0.25) is 0 Å². The van der Waals surface area contributed by atoms with Gasteiger partial charge in [0.05, 0.1) is 29.8 Å². The predicted molar refractivity (Wildman–Crippen MR) is 94.3 cm³/mol. The molecule has 2 aromatic rings. The van der Waals surface area contributed by atoms with Crippen molar-refractivity contribution in [1.82, 2.24) is 4.90 Å². The summed E-state index contributed by atoms with van der Waals surface area (Å²) in [6.07, 6.45) is 0.904. The average Bonchev–Trinajstić information content (AvgIpc) is 2.92. The maximum atomic E-state index is 12.2. The van der Waals surface area contributed by atoms with Crippen LogP contribution in [0.5, 0.6) is 5.75 Å². The minimum absolute atomic E-state index is 0.0236. The maximum absolute atomic E-state index is 12.2. The van der Waals surface area contributed by atoms with Crippen LogP contribution in [0, 0.1) is 0 Å². The molecule has 0 atom stereocenters. The van der Waals surface area contributed by atoms with Crippen LogP contribution in [-0.4, -0.2) is 42.4 Å². The summed E-state index contributed by atoms with van der Waals surface area (Å²) in [5, 5.41) is 0. The van der Waals surface area contributed by atoms with Crippen LogP contribution in [0.25, 0.3) is 0 Å². The van der Waals surface area contributed by atoms with Gasteiger partial charge < -0.3 is 9.47 Å². The molecule has 6 nitrogen and oxygen atoms in total. The summed E-state index contributed by atoms with van der Waals surface area (Å²) in [6, 6.07) is 13.3. The summed E-state index contributed by atoms with van der Waals surface area (Å²) in [7, 11) is 0. The van der Waals surface area contributed by atoms with Gasteiger partial charge in [0.15, 0.2) is 0 Å². The minimum Gasteiger partial charge on any atom is -0.494 e. The van der Waals surface area contributed by atoms with Crippen LogP contribution in [0.15, 0.2) is 48.5 Å². The highest BCUT2D eigenvalue weighted by molar-refractivity contribution is 6.21. The van der Waals surface area contributed by atoms with Crippen LogP contribution in [-0.2, 0) is 4.74 Å². The molecule has 0 aliphatic carbocycles. The summed E-state index contributed by atoms with van der Waals surface area (Å²) in [5.41, 5.74) is 1.15. The number of imide groups is 1. The van der Waals surface area contributed by atoms with E-state index in [2.05, 4.69) is 0 Å². The maximum Gasteiger partial charge on any atom is 0.338 e. The molecular weight excluding hydrogens is 334 g/mol. The van der Waals surface area contributed by atoms with Gasteiger partial charge in [-0.3, -0.25) is 14.5 Å². The molecule has 0 fully saturated rings. The molecule has 0 radical (unpaired) electrons. The van der Waals surface area contributed by atoms with E-state index in [0.717, 1.165) is 11.3 Å². The lowest BCUT2D eigenvalue weighted by Crippen LogP contribution is -2.33. The first-order chi connectivity index (χ1) is 12.6. The molecule has 0 aromatic heterocycles. The van der Waals surface area contributed by atoms with E-state index >= 15 is 0 Å². The van der Waals surface area contributed by atoms with Crippen molar-refractivity contribution < 1.29 is 23.9 Å². The number of nitrogens with zero attached hydrogens (tertiary/aromatic N) is 1. The molecule has 0 N–H and O–H groups in total. The molecule has 2 aromatic carbocycles. The molecule has 1 aliphatic heterocycles. The standard InChI is InChI=1S/C20H19NO5/c1-2-12-25-15-9-7-14(8-10-15)20(24)26-13-11-21-18(22)16-5-3-4-6-17(16)19(21)23/h3-10H,2,11-13H2,1H3. The van der Waals surface area contributed by atoms with Crippen molar-refractivity contribution in [2.24, 2.45) is 0 Å². The Hall–Kier alpha value is -3.15. The topological polar surface area (TPSA) is 72.9 Å². The Kier molecular flexibility index (Phi) is 5.31. The summed E-state index contributed by atoms with van der Waals surface area (Å²) in [5.74, 6) is -0.545. The third-order valence-corrected chi connectivity index (χ3v) is 3.99. The number of esters is 1. The fourth-order valence-corrected chi connectivity index (χ4v) is 2.66. The van der Waals surface area contributed by atoms with E-state index in [1.54, 1.807) is 48.5 Å². The third-order valence-electron chi connectivity index (χ3n) is 3.99. The van der Waals surface area contributed by atoms with Gasteiger partial charge in [-0.25, -0.2) is 4.79 Å². The molecule has 2 amide bonds. The highest BCUT2D eigenvalue weighted by atomic mass is 16.5. The quantitative estimate of drug-likeness (QED) is 0.565. The molecule has 134 valence electrons. The van der Waals surface area contributed by atoms with Crippen molar-refractivity contribution in [2.45, 2.75) is 13.3 Å². The van der Waals surface area contributed by atoms with E-state index in [0.29, 0.717) is 29.0 Å². The number of hydrogen-bond donors (Lipinski definition) is 0. The first-order valence-electron chi connectivity index (χ1n) is 8.47. The van der Waals surface area contributed by atoms with Crippen LogP contribution in [0.3, 0.4) is 0 Å². The number of carbonyl (C=O) groups excluding carboxylic acids is 3. The molecule has 3 rings (SSSR count). The second-order valence-electron chi connectivity index (χ2n) is 5.82. The number of hydrogen-bond acceptors (Lipinski definition) is 5. The Balaban J connectivity index is 1.53. The predicted octanol–water partition coefficient (Wildman–Crippen LogP) is 2.93. The third kappa shape index (κ3) is 3.59. The lowest BCUT2D eigenvalue weighted by atomic mass is 10.1. The van der Waals surface area contributed by atoms with Crippen LogP contribution in [0.1, 0.15) is 44.4 Å². The minimum atomic E-state index is -0.511. The summed E-state index contributed by atoms with van der Waals surface area (Å²) >= 11 is 0. The fraction of sp³-hybridized carbons (Fsp3) is 0.250. The number of ether oxygens (including phenoxy) is 2. The molecule has 1 heterocycles. The highest BCUT2D eigenvalue weighted by Crippen LogP contribution is 2.22. The Morgan fingerprint density at radius 1 is 0.923 bits per heavy atom. The van der Waals surface area contributed by atoms with Gasteiger partial charge in [0.1, 0.15) is 12.4 Å². The first-order valence-corrected chi connectivity index (χ1v) is 8.47. The lowest BCUT2D eigenvalue weighted by molar-refractivity contribution is 0.0420. The zero-order chi connectivity index (χ0) is 18.5. The van der Waals surface area contributed by atoms with E-state index < -0.39 is 5.97 Å². The highest BCUT2D eigenvalue weighted by Gasteiger charge is 2.34. The van der Waals surface area contributed by atoms with Crippen molar-refractivity contribution in [3.63, 3.8) is 0 Å². The summed E-state index contributed by atoms with van der Waals surface area (Å²) in [4.78, 5) is 37.6. The van der Waals surface area contributed by atoms with Gasteiger partial charge in [-0.05, 0) is 42.8 Å². The van der Waals surface area contributed by atoms with Gasteiger partial charge in [0, 0.05) is 0 Å². The molecule has 0 saturated heterocycles. The zero-order valence-corrected chi connectivity index (χ0v) is 14.4.